The van der Waals surface area contributed by atoms with Crippen LogP contribution < -0.4 is 0 Å². The summed E-state index contributed by atoms with van der Waals surface area (Å²) in [4.78, 5) is 31.8. The highest BCUT2D eigenvalue weighted by Gasteiger charge is 2.29. The quantitative estimate of drug-likeness (QED) is 0.488. The molecule has 0 fully saturated rings. The van der Waals surface area contributed by atoms with Crippen molar-refractivity contribution in [2.45, 2.75) is 10.1 Å². The Morgan fingerprint density at radius 1 is 1.11 bits per heavy atom. The first-order chi connectivity index (χ1) is 12.9. The van der Waals surface area contributed by atoms with Gasteiger partial charge >= 0.3 is 5.97 Å². The number of non-ortho nitro benzene ring substituents is 1. The molecular formula is C14H8N6O6S. The molecule has 0 aliphatic rings. The first kappa shape index (κ1) is 17.9. The Bertz CT molecular complexity index is 1020. The standard InChI is InChI=1S/C14H8N6O6S/c21-13(22)10-6-9(19(23)24)7-11(20(25)26)12(10)27-14-15-16-17-18(14)8-4-2-1-3-5-8/h1-7H,(H,21,22). The lowest BCUT2D eigenvalue weighted by molar-refractivity contribution is -0.396. The number of hydrogen-bond donors (Lipinski definition) is 1. The van der Waals surface area contributed by atoms with E-state index in [-0.39, 0.29) is 10.1 Å². The summed E-state index contributed by atoms with van der Waals surface area (Å²) in [6, 6.07) is 10.0. The van der Waals surface area contributed by atoms with E-state index in [1.165, 1.54) is 4.68 Å². The Labute approximate surface area is 153 Å². The van der Waals surface area contributed by atoms with Crippen LogP contribution in [0.5, 0.6) is 0 Å². The predicted molar refractivity (Wildman–Crippen MR) is 90.0 cm³/mol. The van der Waals surface area contributed by atoms with E-state index in [9.17, 15) is 30.1 Å². The van der Waals surface area contributed by atoms with Crippen molar-refractivity contribution in [3.05, 3.63) is 68.3 Å². The minimum absolute atomic E-state index is 0.0562. The topological polar surface area (TPSA) is 167 Å². The van der Waals surface area contributed by atoms with Crippen molar-refractivity contribution >= 4 is 29.1 Å². The first-order valence-electron chi connectivity index (χ1n) is 7.10. The molecule has 1 N–H and O–H groups in total. The normalized spacial score (nSPS) is 10.5. The van der Waals surface area contributed by atoms with Crippen molar-refractivity contribution in [3.8, 4) is 5.69 Å². The van der Waals surface area contributed by atoms with Crippen molar-refractivity contribution in [1.29, 1.82) is 0 Å². The van der Waals surface area contributed by atoms with E-state index in [0.29, 0.717) is 23.5 Å². The summed E-state index contributed by atoms with van der Waals surface area (Å²) in [5.41, 5.74) is -1.48. The van der Waals surface area contributed by atoms with Gasteiger partial charge in [0.25, 0.3) is 11.4 Å². The Kier molecular flexibility index (Phi) is 4.76. The summed E-state index contributed by atoms with van der Waals surface area (Å²) in [7, 11) is 0. The molecule has 0 radical (unpaired) electrons. The summed E-state index contributed by atoms with van der Waals surface area (Å²) in [6.45, 7) is 0. The van der Waals surface area contributed by atoms with Gasteiger partial charge in [-0.2, -0.15) is 4.68 Å². The molecule has 0 saturated carbocycles. The Hall–Kier alpha value is -3.87. The molecule has 1 heterocycles. The molecule has 0 saturated heterocycles. The number of tetrazole rings is 1. The highest BCUT2D eigenvalue weighted by molar-refractivity contribution is 7.99. The number of benzene rings is 2. The van der Waals surface area contributed by atoms with Crippen LogP contribution in [-0.4, -0.2) is 41.1 Å². The number of nitro benzene ring substituents is 2. The van der Waals surface area contributed by atoms with Crippen LogP contribution in [0.1, 0.15) is 10.4 Å². The van der Waals surface area contributed by atoms with Crippen molar-refractivity contribution in [3.63, 3.8) is 0 Å². The number of aromatic nitrogens is 4. The largest absolute Gasteiger partial charge is 0.478 e. The lowest BCUT2D eigenvalue weighted by atomic mass is 10.1. The van der Waals surface area contributed by atoms with Gasteiger partial charge in [0, 0.05) is 6.07 Å². The average molecular weight is 388 g/mol. The number of nitro groups is 2. The first-order valence-corrected chi connectivity index (χ1v) is 7.92. The Morgan fingerprint density at radius 3 is 2.41 bits per heavy atom. The molecule has 0 aliphatic heterocycles. The molecule has 3 aromatic rings. The molecule has 27 heavy (non-hydrogen) atoms. The molecule has 0 amide bonds. The monoisotopic (exact) mass is 388 g/mol. The van der Waals surface area contributed by atoms with Crippen molar-refractivity contribution in [2.24, 2.45) is 0 Å². The molecule has 3 rings (SSSR count). The SMILES string of the molecule is O=C(O)c1cc([N+](=O)[O-])cc([N+](=O)[O-])c1Sc1nnnn1-c1ccccc1. The van der Waals surface area contributed by atoms with Crippen LogP contribution in [0.2, 0.25) is 0 Å². The number of carboxylic acids is 1. The number of nitrogens with zero attached hydrogens (tertiary/aromatic N) is 6. The highest BCUT2D eigenvalue weighted by Crippen LogP contribution is 2.39. The van der Waals surface area contributed by atoms with Crippen molar-refractivity contribution < 1.29 is 19.7 Å². The van der Waals surface area contributed by atoms with E-state index in [4.69, 9.17) is 0 Å². The average Bonchev–Trinajstić information content (AvgIpc) is 3.10. The maximum Gasteiger partial charge on any atom is 0.337 e. The Morgan fingerprint density at radius 2 is 1.81 bits per heavy atom. The van der Waals surface area contributed by atoms with Gasteiger partial charge in [0.15, 0.2) is 0 Å². The molecule has 0 unspecified atom stereocenters. The van der Waals surface area contributed by atoms with E-state index in [2.05, 4.69) is 15.5 Å². The van der Waals surface area contributed by atoms with Crippen molar-refractivity contribution in [2.75, 3.05) is 0 Å². The zero-order chi connectivity index (χ0) is 19.6. The summed E-state index contributed by atoms with van der Waals surface area (Å²) in [6.07, 6.45) is 0. The molecule has 1 aromatic heterocycles. The van der Waals surface area contributed by atoms with Gasteiger partial charge in [0.2, 0.25) is 5.16 Å². The van der Waals surface area contributed by atoms with Crippen LogP contribution in [0, 0.1) is 20.2 Å². The smallest absolute Gasteiger partial charge is 0.337 e. The summed E-state index contributed by atoms with van der Waals surface area (Å²) >= 11 is 0.628. The fourth-order valence-corrected chi connectivity index (χ4v) is 3.15. The second-order valence-electron chi connectivity index (χ2n) is 4.97. The van der Waals surface area contributed by atoms with Crippen LogP contribution in [0.25, 0.3) is 5.69 Å². The van der Waals surface area contributed by atoms with Crippen LogP contribution in [-0.2, 0) is 0 Å². The number of carboxylic acid groups (broad SMARTS) is 1. The molecular weight excluding hydrogens is 380 g/mol. The fraction of sp³-hybridized carbons (Fsp3) is 0. The second-order valence-corrected chi connectivity index (χ2v) is 5.95. The number of hydrogen-bond acceptors (Lipinski definition) is 9. The lowest BCUT2D eigenvalue weighted by Crippen LogP contribution is -2.05. The van der Waals surface area contributed by atoms with Gasteiger partial charge in [-0.05, 0) is 34.3 Å². The summed E-state index contributed by atoms with van der Waals surface area (Å²) in [5, 5.41) is 42.8. The van der Waals surface area contributed by atoms with Crippen molar-refractivity contribution in [1.82, 2.24) is 20.2 Å². The van der Waals surface area contributed by atoms with Crippen LogP contribution in [0.4, 0.5) is 11.4 Å². The number of para-hydroxylation sites is 1. The number of rotatable bonds is 6. The van der Waals surface area contributed by atoms with Gasteiger partial charge in [0.05, 0.1) is 27.2 Å². The van der Waals surface area contributed by atoms with Crippen LogP contribution >= 0.6 is 11.8 Å². The van der Waals surface area contributed by atoms with Gasteiger partial charge in [0.1, 0.15) is 4.90 Å². The van der Waals surface area contributed by atoms with E-state index >= 15 is 0 Å². The second kappa shape index (κ2) is 7.17. The zero-order valence-electron chi connectivity index (χ0n) is 13.1. The highest BCUT2D eigenvalue weighted by atomic mass is 32.2. The third kappa shape index (κ3) is 3.57. The number of carbonyl (C=O) groups is 1. The van der Waals surface area contributed by atoms with Crippen LogP contribution in [0.3, 0.4) is 0 Å². The summed E-state index contributed by atoms with van der Waals surface area (Å²) < 4.78 is 1.27. The van der Waals surface area contributed by atoms with E-state index in [1.54, 1.807) is 30.3 Å². The van der Waals surface area contributed by atoms with E-state index in [1.807, 2.05) is 0 Å². The molecule has 13 heteroatoms. The Balaban J connectivity index is 2.16. The number of aromatic carboxylic acids is 1. The fourth-order valence-electron chi connectivity index (χ4n) is 2.17. The maximum absolute atomic E-state index is 11.5. The summed E-state index contributed by atoms with van der Waals surface area (Å²) in [5.74, 6) is -1.55. The minimum Gasteiger partial charge on any atom is -0.478 e. The predicted octanol–water partition coefficient (Wildman–Crippen LogP) is 2.33. The lowest BCUT2D eigenvalue weighted by Gasteiger charge is -2.07. The molecule has 12 nitrogen and oxygen atoms in total. The maximum atomic E-state index is 11.5. The molecule has 0 spiro atoms. The van der Waals surface area contributed by atoms with Gasteiger partial charge in [-0.1, -0.05) is 18.2 Å². The van der Waals surface area contributed by atoms with Gasteiger partial charge in [-0.15, -0.1) is 5.10 Å². The minimum atomic E-state index is -1.55. The molecule has 2 aromatic carbocycles. The van der Waals surface area contributed by atoms with Gasteiger partial charge < -0.3 is 5.11 Å². The van der Waals surface area contributed by atoms with Gasteiger partial charge in [-0.3, -0.25) is 20.2 Å². The van der Waals surface area contributed by atoms with Gasteiger partial charge in [-0.25, -0.2) is 4.79 Å². The molecule has 0 aliphatic carbocycles. The van der Waals surface area contributed by atoms with Crippen LogP contribution in [0.15, 0.2) is 52.5 Å². The molecule has 136 valence electrons. The van der Waals surface area contributed by atoms with E-state index < -0.39 is 32.8 Å². The molecule has 0 bridgehead atoms. The van der Waals surface area contributed by atoms with E-state index in [0.717, 1.165) is 6.07 Å². The molecule has 0 atom stereocenters. The zero-order valence-corrected chi connectivity index (χ0v) is 13.9. The third-order valence-corrected chi connectivity index (χ3v) is 4.40. The third-order valence-electron chi connectivity index (χ3n) is 3.33.